The predicted molar refractivity (Wildman–Crippen MR) is 88.9 cm³/mol. The smallest absolute Gasteiger partial charge is 0.281 e. The van der Waals surface area contributed by atoms with Gasteiger partial charge in [-0.3, -0.25) is 9.36 Å². The number of aryl methyl sites for hydroxylation is 1. The summed E-state index contributed by atoms with van der Waals surface area (Å²) in [5.74, 6) is -0.414. The summed E-state index contributed by atoms with van der Waals surface area (Å²) in [6.45, 7) is 3.44. The first-order chi connectivity index (χ1) is 11.5. The van der Waals surface area contributed by atoms with Crippen molar-refractivity contribution < 1.29 is 10.2 Å². The van der Waals surface area contributed by atoms with Crippen molar-refractivity contribution in [3.8, 4) is 11.9 Å². The number of nitriles is 1. The van der Waals surface area contributed by atoms with Crippen LogP contribution < -0.4 is 5.56 Å². The van der Waals surface area contributed by atoms with Crippen molar-refractivity contribution in [1.82, 2.24) is 4.57 Å². The van der Waals surface area contributed by atoms with Gasteiger partial charge in [0.2, 0.25) is 5.88 Å². The van der Waals surface area contributed by atoms with Crippen LogP contribution in [0.3, 0.4) is 0 Å². The van der Waals surface area contributed by atoms with Gasteiger partial charge < -0.3 is 10.2 Å². The maximum absolute atomic E-state index is 12.5. The molecule has 0 saturated carbocycles. The van der Waals surface area contributed by atoms with E-state index in [4.69, 9.17) is 5.11 Å². The lowest BCUT2D eigenvalue weighted by molar-refractivity contribution is 0.274. The van der Waals surface area contributed by atoms with Crippen LogP contribution in [0.2, 0.25) is 0 Å². The van der Waals surface area contributed by atoms with Gasteiger partial charge in [0.05, 0.1) is 5.69 Å². The summed E-state index contributed by atoms with van der Waals surface area (Å²) in [6, 6.07) is 9.16. The lowest BCUT2D eigenvalue weighted by Gasteiger charge is -2.12. The number of hydrogen-bond donors (Lipinski definition) is 2. The molecule has 0 bridgehead atoms. The van der Waals surface area contributed by atoms with E-state index in [-0.39, 0.29) is 36.4 Å². The minimum absolute atomic E-state index is 0.00265. The molecule has 7 nitrogen and oxygen atoms in total. The molecular weight excluding hydrogens is 308 g/mol. The number of benzene rings is 1. The summed E-state index contributed by atoms with van der Waals surface area (Å²) in [4.78, 5) is 12.5. The fourth-order valence-electron chi connectivity index (χ4n) is 2.21. The molecule has 1 aromatic carbocycles. The molecule has 0 spiro atoms. The molecule has 2 aromatic rings. The van der Waals surface area contributed by atoms with Gasteiger partial charge in [-0.05, 0) is 32.4 Å². The molecule has 0 atom stereocenters. The van der Waals surface area contributed by atoms with Gasteiger partial charge in [0.15, 0.2) is 5.69 Å². The highest BCUT2D eigenvalue weighted by molar-refractivity contribution is 5.56. The fourth-order valence-corrected chi connectivity index (χ4v) is 2.21. The highest BCUT2D eigenvalue weighted by Crippen LogP contribution is 2.27. The van der Waals surface area contributed by atoms with E-state index in [0.29, 0.717) is 5.69 Å². The van der Waals surface area contributed by atoms with Crippen molar-refractivity contribution in [1.29, 1.82) is 5.26 Å². The van der Waals surface area contributed by atoms with Gasteiger partial charge in [0, 0.05) is 18.7 Å². The van der Waals surface area contributed by atoms with E-state index in [2.05, 4.69) is 10.2 Å². The van der Waals surface area contributed by atoms with Gasteiger partial charge in [-0.2, -0.15) is 10.4 Å². The zero-order chi connectivity index (χ0) is 17.7. The van der Waals surface area contributed by atoms with Crippen molar-refractivity contribution >= 4 is 11.4 Å². The van der Waals surface area contributed by atoms with Crippen LogP contribution in [0, 0.1) is 25.2 Å². The summed E-state index contributed by atoms with van der Waals surface area (Å²) in [6.07, 6.45) is 0.274. The Balaban J connectivity index is 2.54. The average molecular weight is 326 g/mol. The van der Waals surface area contributed by atoms with E-state index < -0.39 is 11.4 Å². The van der Waals surface area contributed by atoms with E-state index in [1.165, 1.54) is 0 Å². The van der Waals surface area contributed by atoms with Gasteiger partial charge in [0.25, 0.3) is 5.56 Å². The largest absolute Gasteiger partial charge is 0.493 e. The first-order valence-electron chi connectivity index (χ1n) is 7.45. The first kappa shape index (κ1) is 17.4. The second-order valence-electron chi connectivity index (χ2n) is 5.35. The normalized spacial score (nSPS) is 10.9. The number of pyridine rings is 1. The van der Waals surface area contributed by atoms with Crippen molar-refractivity contribution in [2.75, 3.05) is 6.61 Å². The van der Waals surface area contributed by atoms with Gasteiger partial charge in [-0.25, -0.2) is 0 Å². The minimum atomic E-state index is -0.548. The number of hydrogen-bond acceptors (Lipinski definition) is 6. The van der Waals surface area contributed by atoms with E-state index in [9.17, 15) is 15.2 Å². The molecule has 1 aromatic heterocycles. The molecule has 0 amide bonds. The van der Waals surface area contributed by atoms with Crippen LogP contribution in [-0.2, 0) is 6.54 Å². The van der Waals surface area contributed by atoms with Crippen LogP contribution >= 0.6 is 0 Å². The molecule has 0 aliphatic rings. The van der Waals surface area contributed by atoms with Crippen molar-refractivity contribution in [3.63, 3.8) is 0 Å². The summed E-state index contributed by atoms with van der Waals surface area (Å²) < 4.78 is 1.03. The van der Waals surface area contributed by atoms with Gasteiger partial charge in [-0.1, -0.05) is 17.7 Å². The number of aliphatic hydroxyl groups is 1. The number of nitrogens with zero attached hydrogens (tertiary/aromatic N) is 4. The predicted octanol–water partition coefficient (Wildman–Crippen LogP) is 2.84. The third kappa shape index (κ3) is 3.50. The fraction of sp³-hybridized carbons (Fsp3) is 0.294. The Morgan fingerprint density at radius 1 is 1.21 bits per heavy atom. The van der Waals surface area contributed by atoms with Crippen molar-refractivity contribution in [3.05, 3.63) is 51.3 Å². The molecule has 124 valence electrons. The van der Waals surface area contributed by atoms with Crippen LogP contribution in [0.4, 0.5) is 11.4 Å². The number of aromatic nitrogens is 1. The third-order valence-electron chi connectivity index (χ3n) is 3.61. The molecule has 2 rings (SSSR count). The molecule has 7 heteroatoms. The van der Waals surface area contributed by atoms with E-state index in [1.54, 1.807) is 19.1 Å². The number of aliphatic hydroxyl groups excluding tert-OH is 1. The molecule has 1 heterocycles. The van der Waals surface area contributed by atoms with Gasteiger partial charge in [0.1, 0.15) is 11.6 Å². The Morgan fingerprint density at radius 2 is 1.88 bits per heavy atom. The van der Waals surface area contributed by atoms with E-state index in [1.807, 2.05) is 25.1 Å². The molecule has 0 radical (unpaired) electrons. The highest BCUT2D eigenvalue weighted by atomic mass is 16.3. The monoisotopic (exact) mass is 326 g/mol. The zero-order valence-corrected chi connectivity index (χ0v) is 13.5. The standard InChI is InChI=1S/C17H18N4O3/c1-11-4-6-13(7-5-11)19-20-15-12(2)14(10-18)16(23)21(17(15)24)8-3-9-22/h4-7,22-23H,3,8-9H2,1-2H3. The van der Waals surface area contributed by atoms with Crippen molar-refractivity contribution in [2.24, 2.45) is 10.2 Å². The highest BCUT2D eigenvalue weighted by Gasteiger charge is 2.18. The Kier molecular flexibility index (Phi) is 5.45. The van der Waals surface area contributed by atoms with E-state index >= 15 is 0 Å². The topological polar surface area (TPSA) is 111 Å². The zero-order valence-electron chi connectivity index (χ0n) is 13.5. The Labute approximate surface area is 139 Å². The maximum Gasteiger partial charge on any atom is 0.281 e. The third-order valence-corrected chi connectivity index (χ3v) is 3.61. The lowest BCUT2D eigenvalue weighted by atomic mass is 10.1. The molecule has 2 N–H and O–H groups in total. The van der Waals surface area contributed by atoms with Gasteiger partial charge in [-0.15, -0.1) is 5.11 Å². The summed E-state index contributed by atoms with van der Waals surface area (Å²) >= 11 is 0. The summed E-state index contributed by atoms with van der Waals surface area (Å²) in [5.41, 5.74) is 1.36. The Bertz CT molecular complexity index is 861. The number of azo groups is 1. The van der Waals surface area contributed by atoms with Crippen LogP contribution in [0.15, 0.2) is 39.3 Å². The SMILES string of the molecule is Cc1ccc(N=Nc2c(C)c(C#N)c(O)n(CCCO)c2=O)cc1. The second-order valence-corrected chi connectivity index (χ2v) is 5.35. The molecular formula is C17H18N4O3. The summed E-state index contributed by atoms with van der Waals surface area (Å²) in [7, 11) is 0. The molecule has 0 aliphatic carbocycles. The molecule has 0 aliphatic heterocycles. The molecule has 0 fully saturated rings. The van der Waals surface area contributed by atoms with Crippen LogP contribution in [0.1, 0.15) is 23.1 Å². The van der Waals surface area contributed by atoms with Crippen LogP contribution in [-0.4, -0.2) is 21.4 Å². The Hall–Kier alpha value is -2.98. The van der Waals surface area contributed by atoms with Gasteiger partial charge >= 0.3 is 0 Å². The molecule has 0 unspecified atom stereocenters. The van der Waals surface area contributed by atoms with Crippen LogP contribution in [0.25, 0.3) is 0 Å². The average Bonchev–Trinajstić information content (AvgIpc) is 2.57. The maximum atomic E-state index is 12.5. The summed E-state index contributed by atoms with van der Waals surface area (Å²) in [5, 5.41) is 36.3. The van der Waals surface area contributed by atoms with Crippen LogP contribution in [0.5, 0.6) is 5.88 Å². The second kappa shape index (κ2) is 7.53. The Morgan fingerprint density at radius 3 is 2.46 bits per heavy atom. The molecule has 24 heavy (non-hydrogen) atoms. The minimum Gasteiger partial charge on any atom is -0.493 e. The number of aromatic hydroxyl groups is 1. The van der Waals surface area contributed by atoms with Crippen molar-refractivity contribution in [2.45, 2.75) is 26.8 Å². The van der Waals surface area contributed by atoms with E-state index in [0.717, 1.165) is 10.1 Å². The lowest BCUT2D eigenvalue weighted by Crippen LogP contribution is -2.22. The quantitative estimate of drug-likeness (QED) is 0.823. The molecule has 0 saturated heterocycles. The first-order valence-corrected chi connectivity index (χ1v) is 7.45. The number of rotatable bonds is 5.